The molecule has 0 saturated carbocycles. The number of carbonyl (C=O) groups is 2. The van der Waals surface area contributed by atoms with Gasteiger partial charge in [0, 0.05) is 36.2 Å². The summed E-state index contributed by atoms with van der Waals surface area (Å²) in [5, 5.41) is 15.6. The first-order chi connectivity index (χ1) is 10.4. The summed E-state index contributed by atoms with van der Waals surface area (Å²) in [6, 6.07) is 2.58. The summed E-state index contributed by atoms with van der Waals surface area (Å²) < 4.78 is 0. The van der Waals surface area contributed by atoms with Crippen molar-refractivity contribution in [1.29, 1.82) is 0 Å². The topological polar surface area (TPSA) is 90.7 Å². The maximum atomic E-state index is 9.55. The van der Waals surface area contributed by atoms with E-state index in [1.807, 2.05) is 6.20 Å². The number of aromatic nitrogens is 1. The normalized spacial score (nSPS) is 17.5. The summed E-state index contributed by atoms with van der Waals surface area (Å²) in [4.78, 5) is 25.6. The molecule has 0 amide bonds. The Morgan fingerprint density at radius 1 is 1.36 bits per heavy atom. The van der Waals surface area contributed by atoms with Crippen LogP contribution in [0.4, 0.5) is 0 Å². The number of carboxylic acid groups (broad SMARTS) is 2. The van der Waals surface area contributed by atoms with Gasteiger partial charge in [-0.15, -0.1) is 6.42 Å². The number of rotatable bonds is 3. The van der Waals surface area contributed by atoms with Crippen molar-refractivity contribution in [1.82, 2.24) is 9.88 Å². The Hall–Kier alpha value is -2.65. The molecule has 6 heteroatoms. The highest BCUT2D eigenvalue weighted by Crippen LogP contribution is 2.29. The second-order valence-electron chi connectivity index (χ2n) is 4.80. The van der Waals surface area contributed by atoms with Crippen LogP contribution in [0.5, 0.6) is 0 Å². The van der Waals surface area contributed by atoms with Gasteiger partial charge in [0.1, 0.15) is 0 Å². The summed E-state index contributed by atoms with van der Waals surface area (Å²) in [6.07, 6.45) is 12.6. The minimum Gasteiger partial charge on any atom is -0.478 e. The van der Waals surface area contributed by atoms with Crippen molar-refractivity contribution in [2.45, 2.75) is 18.9 Å². The van der Waals surface area contributed by atoms with Gasteiger partial charge in [0.05, 0.1) is 0 Å². The van der Waals surface area contributed by atoms with Gasteiger partial charge in [-0.3, -0.25) is 9.88 Å². The molecule has 0 spiro atoms. The van der Waals surface area contributed by atoms with Crippen LogP contribution in [0, 0.1) is 12.3 Å². The lowest BCUT2D eigenvalue weighted by atomic mass is 10.1. The van der Waals surface area contributed by atoms with Crippen molar-refractivity contribution < 1.29 is 19.8 Å². The second-order valence-corrected chi connectivity index (χ2v) is 4.80. The average Bonchev–Trinajstić information content (AvgIpc) is 2.92. The molecule has 0 radical (unpaired) electrons. The Bertz CT molecular complexity index is 588. The van der Waals surface area contributed by atoms with Crippen molar-refractivity contribution in [3.8, 4) is 12.3 Å². The van der Waals surface area contributed by atoms with Gasteiger partial charge in [-0.25, -0.2) is 9.59 Å². The van der Waals surface area contributed by atoms with Crippen molar-refractivity contribution in [2.75, 3.05) is 13.6 Å². The smallest absolute Gasteiger partial charge is 0.328 e. The molecule has 0 bridgehead atoms. The highest BCUT2D eigenvalue weighted by atomic mass is 16.4. The van der Waals surface area contributed by atoms with Gasteiger partial charge in [0.2, 0.25) is 0 Å². The lowest BCUT2D eigenvalue weighted by Crippen LogP contribution is -2.17. The lowest BCUT2D eigenvalue weighted by Gasteiger charge is -2.19. The average molecular weight is 302 g/mol. The van der Waals surface area contributed by atoms with E-state index in [4.69, 9.17) is 16.6 Å². The Kier molecular flexibility index (Phi) is 6.80. The van der Waals surface area contributed by atoms with Gasteiger partial charge in [-0.05, 0) is 38.1 Å². The molecule has 2 heterocycles. The third-order valence-electron chi connectivity index (χ3n) is 3.20. The Labute approximate surface area is 129 Å². The molecule has 1 atom stereocenters. The molecule has 22 heavy (non-hydrogen) atoms. The van der Waals surface area contributed by atoms with E-state index in [-0.39, 0.29) is 0 Å². The van der Waals surface area contributed by atoms with Crippen LogP contribution in [0.15, 0.2) is 30.6 Å². The molecule has 1 saturated heterocycles. The minimum absolute atomic E-state index is 0.510. The van der Waals surface area contributed by atoms with E-state index in [2.05, 4.69) is 28.9 Å². The van der Waals surface area contributed by atoms with E-state index < -0.39 is 11.9 Å². The first kappa shape index (κ1) is 17.4. The summed E-state index contributed by atoms with van der Waals surface area (Å²) >= 11 is 0. The number of terminal acetylenes is 1. The third-order valence-corrected chi connectivity index (χ3v) is 3.20. The molecule has 1 aliphatic heterocycles. The van der Waals surface area contributed by atoms with E-state index >= 15 is 0 Å². The standard InChI is InChI=1S/C12H14N2.C4H4O4/c1-3-10-7-11(9-13-8-10)12-5-4-6-14(12)2;5-3(6)1-2-4(7)8/h1,7-9,12H,4-6H2,2H3;1-2H,(H,5,6)(H,7,8)/b;2-1+. The number of aliphatic carboxylic acids is 2. The molecular weight excluding hydrogens is 284 g/mol. The number of hydrogen-bond donors (Lipinski definition) is 2. The molecule has 0 aromatic carbocycles. The number of nitrogens with zero attached hydrogens (tertiary/aromatic N) is 2. The van der Waals surface area contributed by atoms with Crippen LogP contribution in [-0.2, 0) is 9.59 Å². The second kappa shape index (κ2) is 8.60. The van der Waals surface area contributed by atoms with Gasteiger partial charge in [-0.1, -0.05) is 5.92 Å². The van der Waals surface area contributed by atoms with Gasteiger partial charge < -0.3 is 10.2 Å². The highest BCUT2D eigenvalue weighted by molar-refractivity contribution is 5.89. The zero-order chi connectivity index (χ0) is 16.5. The van der Waals surface area contributed by atoms with E-state index in [0.29, 0.717) is 18.2 Å². The molecule has 1 unspecified atom stereocenters. The molecule has 1 fully saturated rings. The number of pyridine rings is 1. The zero-order valence-corrected chi connectivity index (χ0v) is 12.3. The van der Waals surface area contributed by atoms with E-state index in [9.17, 15) is 9.59 Å². The molecule has 0 aliphatic carbocycles. The zero-order valence-electron chi connectivity index (χ0n) is 12.3. The molecule has 2 N–H and O–H groups in total. The molecule has 1 aliphatic rings. The maximum absolute atomic E-state index is 9.55. The fourth-order valence-corrected chi connectivity index (χ4v) is 2.19. The van der Waals surface area contributed by atoms with Crippen LogP contribution in [0.3, 0.4) is 0 Å². The Morgan fingerprint density at radius 2 is 2.00 bits per heavy atom. The maximum Gasteiger partial charge on any atom is 0.328 e. The van der Waals surface area contributed by atoms with Crippen molar-refractivity contribution >= 4 is 11.9 Å². The predicted molar refractivity (Wildman–Crippen MR) is 81.2 cm³/mol. The first-order valence-corrected chi connectivity index (χ1v) is 6.69. The quantitative estimate of drug-likeness (QED) is 0.650. The van der Waals surface area contributed by atoms with Crippen molar-refractivity contribution in [3.05, 3.63) is 41.7 Å². The van der Waals surface area contributed by atoms with Gasteiger partial charge in [0.25, 0.3) is 0 Å². The SMILES string of the molecule is C#Cc1cncc(C2CCCN2C)c1.O=C(O)/C=C/C(=O)O. The van der Waals surface area contributed by atoms with Crippen LogP contribution >= 0.6 is 0 Å². The molecule has 1 aromatic rings. The van der Waals surface area contributed by atoms with E-state index in [0.717, 1.165) is 5.56 Å². The number of likely N-dealkylation sites (tertiary alicyclic amines) is 1. The summed E-state index contributed by atoms with van der Waals surface area (Å²) in [5.74, 6) is 0.111. The van der Waals surface area contributed by atoms with Crippen LogP contribution < -0.4 is 0 Å². The van der Waals surface area contributed by atoms with Crippen molar-refractivity contribution in [2.24, 2.45) is 0 Å². The molecule has 2 rings (SSSR count). The minimum atomic E-state index is -1.26. The molecule has 116 valence electrons. The molecular formula is C16H18N2O4. The monoisotopic (exact) mass is 302 g/mol. The molecule has 1 aromatic heterocycles. The van der Waals surface area contributed by atoms with Gasteiger partial charge in [-0.2, -0.15) is 0 Å². The van der Waals surface area contributed by atoms with Gasteiger partial charge in [0.15, 0.2) is 0 Å². The summed E-state index contributed by atoms with van der Waals surface area (Å²) in [6.45, 7) is 1.17. The Balaban J connectivity index is 0.000000261. The van der Waals surface area contributed by atoms with Crippen LogP contribution in [0.1, 0.15) is 30.0 Å². The van der Waals surface area contributed by atoms with Crippen LogP contribution in [0.25, 0.3) is 0 Å². The van der Waals surface area contributed by atoms with Crippen LogP contribution in [0.2, 0.25) is 0 Å². The number of hydrogen-bond acceptors (Lipinski definition) is 4. The fourth-order valence-electron chi connectivity index (χ4n) is 2.19. The number of carboxylic acids is 2. The van der Waals surface area contributed by atoms with E-state index in [1.54, 1.807) is 6.20 Å². The largest absolute Gasteiger partial charge is 0.478 e. The lowest BCUT2D eigenvalue weighted by molar-refractivity contribution is -0.134. The predicted octanol–water partition coefficient (Wildman–Crippen LogP) is 1.54. The molecule has 6 nitrogen and oxygen atoms in total. The van der Waals surface area contributed by atoms with Gasteiger partial charge >= 0.3 is 11.9 Å². The Morgan fingerprint density at radius 3 is 2.45 bits per heavy atom. The summed E-state index contributed by atoms with van der Waals surface area (Å²) in [5.41, 5.74) is 2.13. The van der Waals surface area contributed by atoms with Crippen LogP contribution in [-0.4, -0.2) is 45.6 Å². The van der Waals surface area contributed by atoms with Crippen molar-refractivity contribution in [3.63, 3.8) is 0 Å². The first-order valence-electron chi connectivity index (χ1n) is 6.69. The third kappa shape index (κ3) is 5.77. The fraction of sp³-hybridized carbons (Fsp3) is 0.312. The summed E-state index contributed by atoms with van der Waals surface area (Å²) in [7, 11) is 2.15. The highest BCUT2D eigenvalue weighted by Gasteiger charge is 2.22. The van der Waals surface area contributed by atoms with E-state index in [1.165, 1.54) is 24.9 Å².